The molecule has 1 aliphatic carbocycles. The first-order valence-corrected chi connectivity index (χ1v) is 6.94. The van der Waals surface area contributed by atoms with Crippen molar-refractivity contribution in [3.05, 3.63) is 34.9 Å². The molecule has 5 heteroatoms. The average molecular weight is 246 g/mol. The van der Waals surface area contributed by atoms with Gasteiger partial charge in [0.1, 0.15) is 0 Å². The van der Waals surface area contributed by atoms with Gasteiger partial charge in [0.15, 0.2) is 9.84 Å². The van der Waals surface area contributed by atoms with Crippen LogP contribution in [0.2, 0.25) is 5.02 Å². The number of benzene rings is 1. The molecule has 1 aromatic carbocycles. The summed E-state index contributed by atoms with van der Waals surface area (Å²) < 4.78 is 22.7. The lowest BCUT2D eigenvalue weighted by Crippen LogP contribution is -2.13. The molecule has 3 nitrogen and oxygen atoms in total. The monoisotopic (exact) mass is 245 g/mol. The van der Waals surface area contributed by atoms with Crippen molar-refractivity contribution in [2.75, 3.05) is 6.26 Å². The van der Waals surface area contributed by atoms with Gasteiger partial charge in [-0.25, -0.2) is 8.42 Å². The maximum Gasteiger partial charge on any atom is 0.152 e. The van der Waals surface area contributed by atoms with Gasteiger partial charge in [-0.2, -0.15) is 0 Å². The van der Waals surface area contributed by atoms with Crippen LogP contribution >= 0.6 is 11.6 Å². The first-order valence-electron chi connectivity index (χ1n) is 4.61. The fourth-order valence-corrected chi connectivity index (χ4v) is 3.70. The third kappa shape index (κ3) is 2.02. The zero-order valence-electron chi connectivity index (χ0n) is 8.22. The summed E-state index contributed by atoms with van der Waals surface area (Å²) >= 11 is 5.84. The molecule has 0 saturated heterocycles. The summed E-state index contributed by atoms with van der Waals surface area (Å²) in [6.45, 7) is 0. The molecule has 0 spiro atoms. The molecule has 0 bridgehead atoms. The van der Waals surface area contributed by atoms with Crippen molar-refractivity contribution in [3.63, 3.8) is 0 Å². The molecule has 82 valence electrons. The van der Waals surface area contributed by atoms with E-state index in [1.54, 1.807) is 12.1 Å². The number of nitrogens with two attached hydrogens (primary N) is 1. The van der Waals surface area contributed by atoms with E-state index in [1.807, 2.05) is 12.1 Å². The van der Waals surface area contributed by atoms with Crippen molar-refractivity contribution in [1.82, 2.24) is 0 Å². The van der Waals surface area contributed by atoms with Crippen LogP contribution < -0.4 is 5.73 Å². The van der Waals surface area contributed by atoms with Gasteiger partial charge in [-0.15, -0.1) is 0 Å². The minimum atomic E-state index is -3.06. The van der Waals surface area contributed by atoms with Gasteiger partial charge in [-0.05, 0) is 17.7 Å². The minimum absolute atomic E-state index is 0.0984. The number of halogens is 1. The van der Waals surface area contributed by atoms with Gasteiger partial charge in [0.25, 0.3) is 0 Å². The molecule has 1 saturated carbocycles. The van der Waals surface area contributed by atoms with E-state index >= 15 is 0 Å². The number of sulfone groups is 1. The minimum Gasteiger partial charge on any atom is -0.326 e. The zero-order valence-corrected chi connectivity index (χ0v) is 9.79. The summed E-state index contributed by atoms with van der Waals surface area (Å²) in [5.74, 6) is -0.0984. The second kappa shape index (κ2) is 3.47. The van der Waals surface area contributed by atoms with Crippen LogP contribution in [0.15, 0.2) is 24.3 Å². The number of hydrogen-bond acceptors (Lipinski definition) is 3. The summed E-state index contributed by atoms with van der Waals surface area (Å²) in [5, 5.41) is 0.162. The van der Waals surface area contributed by atoms with Gasteiger partial charge in [0.05, 0.1) is 5.25 Å². The molecular formula is C10H12ClNO2S. The Bertz CT molecular complexity index is 486. The average Bonchev–Trinajstić information content (AvgIpc) is 2.76. The van der Waals surface area contributed by atoms with Crippen molar-refractivity contribution in [2.45, 2.75) is 17.2 Å². The Balaban J connectivity index is 2.29. The molecule has 15 heavy (non-hydrogen) atoms. The second-order valence-electron chi connectivity index (χ2n) is 3.95. The maximum absolute atomic E-state index is 11.4. The third-order valence-electron chi connectivity index (χ3n) is 2.74. The largest absolute Gasteiger partial charge is 0.326 e. The van der Waals surface area contributed by atoms with Gasteiger partial charge in [-0.3, -0.25) is 0 Å². The molecule has 1 aromatic rings. The van der Waals surface area contributed by atoms with Crippen LogP contribution in [0.1, 0.15) is 11.5 Å². The molecule has 1 fully saturated rings. The van der Waals surface area contributed by atoms with E-state index < -0.39 is 15.1 Å². The summed E-state index contributed by atoms with van der Waals surface area (Å²) in [6, 6.07) is 6.91. The molecule has 0 amide bonds. The third-order valence-corrected chi connectivity index (χ3v) is 4.57. The van der Waals surface area contributed by atoms with Crippen LogP contribution in [0.5, 0.6) is 0 Å². The van der Waals surface area contributed by atoms with Crippen LogP contribution in [0, 0.1) is 0 Å². The number of hydrogen-bond donors (Lipinski definition) is 1. The predicted molar refractivity (Wildman–Crippen MR) is 60.8 cm³/mol. The Morgan fingerprint density at radius 3 is 2.53 bits per heavy atom. The van der Waals surface area contributed by atoms with Crippen molar-refractivity contribution in [3.8, 4) is 0 Å². The molecule has 3 atom stereocenters. The van der Waals surface area contributed by atoms with Crippen molar-refractivity contribution < 1.29 is 8.42 Å². The van der Waals surface area contributed by atoms with E-state index in [4.69, 9.17) is 17.3 Å². The Labute approximate surface area is 94.2 Å². The standard InChI is InChI=1S/C10H12ClNO2S/c1-15(13,14)10-8(9(10)12)6-3-2-4-7(11)5-6/h2-5,8-10H,12H2,1H3. The Hall–Kier alpha value is -0.580. The van der Waals surface area contributed by atoms with E-state index in [9.17, 15) is 8.42 Å². The first-order chi connectivity index (χ1) is 6.91. The summed E-state index contributed by atoms with van der Waals surface area (Å²) in [6.07, 6.45) is 1.22. The Kier molecular flexibility index (Phi) is 2.53. The Morgan fingerprint density at radius 2 is 2.07 bits per heavy atom. The molecule has 0 aliphatic heterocycles. The van der Waals surface area contributed by atoms with Gasteiger partial charge in [0, 0.05) is 23.2 Å². The molecule has 3 unspecified atom stereocenters. The molecular weight excluding hydrogens is 234 g/mol. The fourth-order valence-electron chi connectivity index (χ4n) is 1.98. The zero-order chi connectivity index (χ0) is 11.2. The highest BCUT2D eigenvalue weighted by atomic mass is 35.5. The lowest BCUT2D eigenvalue weighted by Gasteiger charge is -1.99. The van der Waals surface area contributed by atoms with Gasteiger partial charge in [0.2, 0.25) is 0 Å². The fraction of sp³-hybridized carbons (Fsp3) is 0.400. The quantitative estimate of drug-likeness (QED) is 0.851. The van der Waals surface area contributed by atoms with Crippen LogP contribution in [-0.2, 0) is 9.84 Å². The van der Waals surface area contributed by atoms with Gasteiger partial charge < -0.3 is 5.73 Å². The summed E-state index contributed by atoms with van der Waals surface area (Å²) in [4.78, 5) is 0. The predicted octanol–water partition coefficient (Wildman–Crippen LogP) is 1.18. The lowest BCUT2D eigenvalue weighted by atomic mass is 10.1. The van der Waals surface area contributed by atoms with Crippen LogP contribution in [0.3, 0.4) is 0 Å². The highest BCUT2D eigenvalue weighted by molar-refractivity contribution is 7.91. The molecule has 0 radical (unpaired) electrons. The normalized spacial score (nSPS) is 30.2. The van der Waals surface area contributed by atoms with Crippen molar-refractivity contribution >= 4 is 21.4 Å². The molecule has 0 aromatic heterocycles. The topological polar surface area (TPSA) is 60.2 Å². The van der Waals surface area contributed by atoms with Gasteiger partial charge in [-0.1, -0.05) is 23.7 Å². The smallest absolute Gasteiger partial charge is 0.152 e. The van der Waals surface area contributed by atoms with Crippen LogP contribution in [0.4, 0.5) is 0 Å². The Morgan fingerprint density at radius 1 is 1.40 bits per heavy atom. The number of rotatable bonds is 2. The molecule has 2 rings (SSSR count). The maximum atomic E-state index is 11.4. The molecule has 1 aliphatic rings. The SMILES string of the molecule is CS(=O)(=O)C1C(N)C1c1cccc(Cl)c1. The summed E-state index contributed by atoms with van der Waals surface area (Å²) in [5.41, 5.74) is 6.66. The first kappa shape index (κ1) is 10.9. The lowest BCUT2D eigenvalue weighted by molar-refractivity contribution is 0.599. The highest BCUT2D eigenvalue weighted by Crippen LogP contribution is 2.44. The molecule has 2 N–H and O–H groups in total. The highest BCUT2D eigenvalue weighted by Gasteiger charge is 2.54. The van der Waals surface area contributed by atoms with E-state index in [2.05, 4.69) is 0 Å². The van der Waals surface area contributed by atoms with Crippen molar-refractivity contribution in [1.29, 1.82) is 0 Å². The van der Waals surface area contributed by atoms with Crippen molar-refractivity contribution in [2.24, 2.45) is 5.73 Å². The van der Waals surface area contributed by atoms with Crippen LogP contribution in [-0.4, -0.2) is 26.0 Å². The van der Waals surface area contributed by atoms with E-state index in [-0.39, 0.29) is 12.0 Å². The van der Waals surface area contributed by atoms with Gasteiger partial charge >= 0.3 is 0 Å². The van der Waals surface area contributed by atoms with E-state index in [1.165, 1.54) is 6.26 Å². The van der Waals surface area contributed by atoms with E-state index in [0.717, 1.165) is 5.56 Å². The molecule has 0 heterocycles. The van der Waals surface area contributed by atoms with E-state index in [0.29, 0.717) is 5.02 Å². The summed E-state index contributed by atoms with van der Waals surface area (Å²) in [7, 11) is -3.06. The van der Waals surface area contributed by atoms with Crippen LogP contribution in [0.25, 0.3) is 0 Å². The second-order valence-corrected chi connectivity index (χ2v) is 6.59.